The van der Waals surface area contributed by atoms with Crippen LogP contribution in [0.2, 0.25) is 0 Å². The van der Waals surface area contributed by atoms with Crippen molar-refractivity contribution in [3.05, 3.63) is 34.8 Å². The van der Waals surface area contributed by atoms with E-state index in [2.05, 4.69) is 0 Å². The number of nitrogens with two attached hydrogens (primary N) is 1. The van der Waals surface area contributed by atoms with Crippen LogP contribution in [-0.2, 0) is 0 Å². The van der Waals surface area contributed by atoms with Crippen LogP contribution >= 0.6 is 0 Å². The zero-order chi connectivity index (χ0) is 8.43. The van der Waals surface area contributed by atoms with Crippen LogP contribution in [0.25, 0.3) is 0 Å². The Morgan fingerprint density at radius 3 is 2.64 bits per heavy atom. The van der Waals surface area contributed by atoms with Gasteiger partial charge in [0.1, 0.15) is 0 Å². The molecule has 0 aliphatic carbocycles. The van der Waals surface area contributed by atoms with E-state index < -0.39 is 0 Å². The van der Waals surface area contributed by atoms with Gasteiger partial charge in [0.2, 0.25) is 0 Å². The van der Waals surface area contributed by atoms with Crippen molar-refractivity contribution in [3.63, 3.8) is 0 Å². The molecule has 1 rings (SSSR count). The van der Waals surface area contributed by atoms with E-state index in [4.69, 9.17) is 5.73 Å². The third-order valence-electron chi connectivity index (χ3n) is 1.66. The highest BCUT2D eigenvalue weighted by atomic mass is 16.5. The summed E-state index contributed by atoms with van der Waals surface area (Å²) >= 11 is 0. The van der Waals surface area contributed by atoms with E-state index in [0.29, 0.717) is 5.69 Å². The molecular formula is C8H12N2O. The van der Waals surface area contributed by atoms with Crippen molar-refractivity contribution in [1.82, 2.24) is 0 Å². The van der Waals surface area contributed by atoms with Crippen LogP contribution in [0.4, 0.5) is 0 Å². The molecule has 0 fully saturated rings. The molecule has 1 aromatic heterocycles. The second-order valence-electron chi connectivity index (χ2n) is 2.72. The number of aromatic nitrogens is 1. The van der Waals surface area contributed by atoms with Gasteiger partial charge < -0.3 is 10.9 Å². The molecule has 0 bridgehead atoms. The topological polar surface area (TPSA) is 53.0 Å². The molecule has 0 spiro atoms. The molecule has 0 radical (unpaired) electrons. The normalized spacial score (nSPS) is 13.0. The predicted octanol–water partition coefficient (Wildman–Crippen LogP) is 0.648. The van der Waals surface area contributed by atoms with Crippen molar-refractivity contribution >= 4 is 0 Å². The van der Waals surface area contributed by atoms with Gasteiger partial charge in [0.05, 0.1) is 0 Å². The number of pyridine rings is 1. The summed E-state index contributed by atoms with van der Waals surface area (Å²) in [6, 6.07) is 3.57. The first-order valence-electron chi connectivity index (χ1n) is 3.56. The number of hydrogen-bond donors (Lipinski definition) is 1. The van der Waals surface area contributed by atoms with E-state index in [1.165, 1.54) is 6.20 Å². The van der Waals surface area contributed by atoms with Gasteiger partial charge in [0, 0.05) is 24.6 Å². The molecule has 3 heteroatoms. The quantitative estimate of drug-likeness (QED) is 0.474. The Bertz CT molecular complexity index is 258. The largest absolute Gasteiger partial charge is 0.619 e. The maximum atomic E-state index is 11.0. The van der Waals surface area contributed by atoms with E-state index >= 15 is 0 Å². The monoisotopic (exact) mass is 152 g/mol. The smallest absolute Gasteiger partial charge is 0.189 e. The summed E-state index contributed by atoms with van der Waals surface area (Å²) in [5.41, 5.74) is 7.14. The highest BCUT2D eigenvalue weighted by Gasteiger charge is 2.04. The van der Waals surface area contributed by atoms with E-state index in [1.807, 2.05) is 13.0 Å². The van der Waals surface area contributed by atoms with Gasteiger partial charge in [-0.3, -0.25) is 0 Å². The molecule has 0 aromatic carbocycles. The predicted molar refractivity (Wildman–Crippen MR) is 42.7 cm³/mol. The summed E-state index contributed by atoms with van der Waals surface area (Å²) in [5, 5.41) is 11.0. The molecule has 1 heterocycles. The van der Waals surface area contributed by atoms with Crippen LogP contribution in [0.5, 0.6) is 0 Å². The highest BCUT2D eigenvalue weighted by molar-refractivity contribution is 5.12. The van der Waals surface area contributed by atoms with Crippen LogP contribution in [0.3, 0.4) is 0 Å². The SMILES string of the molecule is Cc1ccc([C@@H](C)N)c[n+]1[O-]. The van der Waals surface area contributed by atoms with Crippen molar-refractivity contribution in [2.24, 2.45) is 5.73 Å². The van der Waals surface area contributed by atoms with E-state index in [0.717, 1.165) is 10.3 Å². The molecule has 1 aromatic rings. The number of hydrogen-bond acceptors (Lipinski definition) is 2. The first-order valence-corrected chi connectivity index (χ1v) is 3.56. The summed E-state index contributed by atoms with van der Waals surface area (Å²) in [5.74, 6) is 0. The fourth-order valence-corrected chi connectivity index (χ4v) is 0.840. The Morgan fingerprint density at radius 1 is 1.55 bits per heavy atom. The van der Waals surface area contributed by atoms with E-state index in [1.54, 1.807) is 13.0 Å². The number of rotatable bonds is 1. The fraction of sp³-hybridized carbons (Fsp3) is 0.375. The van der Waals surface area contributed by atoms with E-state index in [-0.39, 0.29) is 6.04 Å². The van der Waals surface area contributed by atoms with Crippen molar-refractivity contribution in [2.45, 2.75) is 19.9 Å². The third kappa shape index (κ3) is 1.68. The van der Waals surface area contributed by atoms with Crippen molar-refractivity contribution in [1.29, 1.82) is 0 Å². The molecule has 0 saturated heterocycles. The molecule has 0 aliphatic heterocycles. The minimum absolute atomic E-state index is 0.0733. The van der Waals surface area contributed by atoms with Gasteiger partial charge in [0.15, 0.2) is 11.9 Å². The van der Waals surface area contributed by atoms with Gasteiger partial charge in [-0.15, -0.1) is 0 Å². The molecule has 0 aliphatic rings. The second kappa shape index (κ2) is 2.88. The van der Waals surface area contributed by atoms with Crippen molar-refractivity contribution in [3.8, 4) is 0 Å². The summed E-state index contributed by atoms with van der Waals surface area (Å²) in [6.07, 6.45) is 1.51. The Hall–Kier alpha value is -1.09. The number of nitrogens with zero attached hydrogens (tertiary/aromatic N) is 1. The Morgan fingerprint density at radius 2 is 2.18 bits per heavy atom. The molecular weight excluding hydrogens is 140 g/mol. The lowest BCUT2D eigenvalue weighted by Gasteiger charge is -2.05. The van der Waals surface area contributed by atoms with Crippen molar-refractivity contribution < 1.29 is 4.73 Å². The van der Waals surface area contributed by atoms with E-state index in [9.17, 15) is 5.21 Å². The van der Waals surface area contributed by atoms with Crippen LogP contribution in [-0.4, -0.2) is 0 Å². The van der Waals surface area contributed by atoms with Gasteiger partial charge in [-0.1, -0.05) is 0 Å². The third-order valence-corrected chi connectivity index (χ3v) is 1.66. The minimum Gasteiger partial charge on any atom is -0.619 e. The second-order valence-corrected chi connectivity index (χ2v) is 2.72. The maximum absolute atomic E-state index is 11.0. The molecule has 0 saturated carbocycles. The zero-order valence-electron chi connectivity index (χ0n) is 6.74. The molecule has 60 valence electrons. The summed E-state index contributed by atoms with van der Waals surface area (Å²) in [4.78, 5) is 0. The summed E-state index contributed by atoms with van der Waals surface area (Å²) in [7, 11) is 0. The lowest BCUT2D eigenvalue weighted by molar-refractivity contribution is -0.612. The average Bonchev–Trinajstić information content (AvgIpc) is 1.94. The molecule has 0 amide bonds. The Kier molecular flexibility index (Phi) is 2.10. The van der Waals surface area contributed by atoms with Crippen LogP contribution in [0, 0.1) is 12.1 Å². The van der Waals surface area contributed by atoms with Gasteiger partial charge >= 0.3 is 0 Å². The standard InChI is InChI=1S/C8H12N2O/c1-6-3-4-8(7(2)9)5-10(6)11/h3-5,7H,9H2,1-2H3/t7-/m1/s1. The number of aryl methyl sites for hydroxylation is 1. The van der Waals surface area contributed by atoms with Crippen molar-refractivity contribution in [2.75, 3.05) is 0 Å². The zero-order valence-corrected chi connectivity index (χ0v) is 6.74. The van der Waals surface area contributed by atoms with Crippen LogP contribution in [0.1, 0.15) is 24.2 Å². The first kappa shape index (κ1) is 8.01. The molecule has 0 unspecified atom stereocenters. The average molecular weight is 152 g/mol. The minimum atomic E-state index is -0.0733. The van der Waals surface area contributed by atoms with Gasteiger partial charge in [-0.2, -0.15) is 4.73 Å². The van der Waals surface area contributed by atoms with Gasteiger partial charge in [-0.25, -0.2) is 0 Å². The van der Waals surface area contributed by atoms with Crippen LogP contribution in [0.15, 0.2) is 18.3 Å². The van der Waals surface area contributed by atoms with Crippen LogP contribution < -0.4 is 10.5 Å². The lowest BCUT2D eigenvalue weighted by atomic mass is 10.1. The first-order chi connectivity index (χ1) is 5.11. The summed E-state index contributed by atoms with van der Waals surface area (Å²) < 4.78 is 0.832. The molecule has 3 nitrogen and oxygen atoms in total. The van der Waals surface area contributed by atoms with Gasteiger partial charge in [-0.05, 0) is 13.0 Å². The molecule has 2 N–H and O–H groups in total. The molecule has 11 heavy (non-hydrogen) atoms. The fourth-order valence-electron chi connectivity index (χ4n) is 0.840. The van der Waals surface area contributed by atoms with Gasteiger partial charge in [0.25, 0.3) is 0 Å². The molecule has 1 atom stereocenters. The summed E-state index contributed by atoms with van der Waals surface area (Å²) in [6.45, 7) is 3.61. The lowest BCUT2D eigenvalue weighted by Crippen LogP contribution is -2.30. The Balaban J connectivity index is 3.05. The Labute approximate surface area is 66.0 Å². The highest BCUT2D eigenvalue weighted by Crippen LogP contribution is 2.05. The maximum Gasteiger partial charge on any atom is 0.189 e.